The maximum atomic E-state index is 14.2. The smallest absolute Gasteiger partial charge is 0.196 e. The van der Waals surface area contributed by atoms with E-state index in [1.165, 1.54) is 6.07 Å². The number of nitrogens with zero attached hydrogens (tertiary/aromatic N) is 1. The molecule has 3 rings (SSSR count). The topological polar surface area (TPSA) is 15.3 Å². The third-order valence-electron chi connectivity index (χ3n) is 4.98. The molecule has 1 heterocycles. The van der Waals surface area contributed by atoms with Crippen molar-refractivity contribution in [1.29, 1.82) is 0 Å². The first-order chi connectivity index (χ1) is 10.1. The van der Waals surface area contributed by atoms with E-state index in [4.69, 9.17) is 0 Å². The fraction of sp³-hybridized carbons (Fsp3) is 0.625. The van der Waals surface area contributed by atoms with E-state index in [0.29, 0.717) is 6.54 Å². The van der Waals surface area contributed by atoms with Crippen molar-refractivity contribution in [2.45, 2.75) is 50.6 Å². The zero-order valence-electron chi connectivity index (χ0n) is 12.3. The molecule has 1 spiro atoms. The third kappa shape index (κ3) is 2.52. The minimum Gasteiger partial charge on any atom is -0.363 e. The van der Waals surface area contributed by atoms with Crippen LogP contribution >= 0.6 is 0 Å². The van der Waals surface area contributed by atoms with Crippen LogP contribution in [0.3, 0.4) is 0 Å². The Labute approximate surface area is 123 Å². The molecule has 0 aromatic heterocycles. The third-order valence-corrected chi connectivity index (χ3v) is 4.98. The van der Waals surface area contributed by atoms with Crippen molar-refractivity contribution in [3.63, 3.8) is 0 Å². The summed E-state index contributed by atoms with van der Waals surface area (Å²) in [5.41, 5.74) is 0.191. The van der Waals surface area contributed by atoms with Gasteiger partial charge < -0.3 is 10.2 Å². The molecule has 1 unspecified atom stereocenters. The first-order valence-corrected chi connectivity index (χ1v) is 7.71. The van der Waals surface area contributed by atoms with Crippen LogP contribution in [0, 0.1) is 17.5 Å². The van der Waals surface area contributed by atoms with Crippen LogP contribution in [-0.2, 0) is 0 Å². The first kappa shape index (κ1) is 14.7. The van der Waals surface area contributed by atoms with Gasteiger partial charge in [-0.3, -0.25) is 0 Å². The number of halogens is 3. The Bertz CT molecular complexity index is 526. The summed E-state index contributed by atoms with van der Waals surface area (Å²) < 4.78 is 40.9. The second kappa shape index (κ2) is 5.52. The lowest BCUT2D eigenvalue weighted by Gasteiger charge is -2.47. The highest BCUT2D eigenvalue weighted by Crippen LogP contribution is 2.36. The van der Waals surface area contributed by atoms with Gasteiger partial charge in [0, 0.05) is 24.7 Å². The molecule has 1 aliphatic heterocycles. The van der Waals surface area contributed by atoms with Crippen molar-refractivity contribution in [3.8, 4) is 0 Å². The molecule has 2 aliphatic rings. The molecule has 1 saturated carbocycles. The molecule has 2 fully saturated rings. The van der Waals surface area contributed by atoms with E-state index in [9.17, 15) is 13.2 Å². The van der Waals surface area contributed by atoms with Gasteiger partial charge in [-0.15, -0.1) is 0 Å². The molecule has 1 aromatic rings. The van der Waals surface area contributed by atoms with E-state index < -0.39 is 17.5 Å². The monoisotopic (exact) mass is 298 g/mol. The van der Waals surface area contributed by atoms with Crippen molar-refractivity contribution < 1.29 is 13.2 Å². The van der Waals surface area contributed by atoms with E-state index >= 15 is 0 Å². The molecule has 2 nitrogen and oxygen atoms in total. The Morgan fingerprint density at radius 2 is 1.90 bits per heavy atom. The number of hydrogen-bond donors (Lipinski definition) is 1. The van der Waals surface area contributed by atoms with Gasteiger partial charge in [0.05, 0.1) is 5.69 Å². The summed E-state index contributed by atoms with van der Waals surface area (Å²) in [6, 6.07) is 2.49. The molecule has 1 N–H and O–H groups in total. The van der Waals surface area contributed by atoms with E-state index in [0.717, 1.165) is 44.7 Å². The molecule has 1 atom stereocenters. The summed E-state index contributed by atoms with van der Waals surface area (Å²) in [4.78, 5) is 1.93. The van der Waals surface area contributed by atoms with E-state index in [-0.39, 0.29) is 17.3 Å². The molecule has 21 heavy (non-hydrogen) atoms. The highest BCUT2D eigenvalue weighted by molar-refractivity contribution is 5.51. The summed E-state index contributed by atoms with van der Waals surface area (Å²) >= 11 is 0. The number of anilines is 1. The molecule has 1 aromatic carbocycles. The molecular weight excluding hydrogens is 277 g/mol. The fourth-order valence-electron chi connectivity index (χ4n) is 3.73. The summed E-state index contributed by atoms with van der Waals surface area (Å²) in [5.74, 6) is -3.57. The van der Waals surface area contributed by atoms with Crippen LogP contribution < -0.4 is 10.2 Å². The Hall–Kier alpha value is -1.23. The lowest BCUT2D eigenvalue weighted by Crippen LogP contribution is -2.63. The van der Waals surface area contributed by atoms with Gasteiger partial charge in [-0.2, -0.15) is 0 Å². The van der Waals surface area contributed by atoms with Crippen LogP contribution in [0.4, 0.5) is 18.9 Å². The number of piperazine rings is 1. The normalized spacial score (nSPS) is 24.8. The average molecular weight is 298 g/mol. The quantitative estimate of drug-likeness (QED) is 0.839. The molecule has 0 radical (unpaired) electrons. The molecule has 0 amide bonds. The first-order valence-electron chi connectivity index (χ1n) is 7.71. The van der Waals surface area contributed by atoms with Gasteiger partial charge in [0.2, 0.25) is 0 Å². The lowest BCUT2D eigenvalue weighted by atomic mass is 9.91. The van der Waals surface area contributed by atoms with Crippen molar-refractivity contribution in [3.05, 3.63) is 29.6 Å². The Kier molecular flexibility index (Phi) is 3.86. The Morgan fingerprint density at radius 3 is 2.57 bits per heavy atom. The molecular formula is C16H21F3N2. The number of rotatable bonds is 2. The minimum atomic E-state index is -1.37. The van der Waals surface area contributed by atoms with Crippen molar-refractivity contribution in [2.24, 2.45) is 0 Å². The minimum absolute atomic E-state index is 0.00295. The van der Waals surface area contributed by atoms with Crippen molar-refractivity contribution in [1.82, 2.24) is 5.32 Å². The predicted octanol–water partition coefficient (Wildman–Crippen LogP) is 3.60. The van der Waals surface area contributed by atoms with Gasteiger partial charge in [-0.1, -0.05) is 19.8 Å². The average Bonchev–Trinajstić information content (AvgIpc) is 2.93. The summed E-state index contributed by atoms with van der Waals surface area (Å²) in [6.45, 7) is 3.45. The van der Waals surface area contributed by atoms with Crippen LogP contribution in [0.2, 0.25) is 0 Å². The van der Waals surface area contributed by atoms with Crippen LogP contribution in [0.1, 0.15) is 39.0 Å². The number of nitrogens with one attached hydrogen (secondary N) is 1. The van der Waals surface area contributed by atoms with Crippen molar-refractivity contribution in [2.75, 3.05) is 18.0 Å². The van der Waals surface area contributed by atoms with Gasteiger partial charge in [-0.25, -0.2) is 13.2 Å². The number of hydrogen-bond acceptors (Lipinski definition) is 2. The molecule has 1 saturated heterocycles. The van der Waals surface area contributed by atoms with Gasteiger partial charge in [0.25, 0.3) is 0 Å². The Morgan fingerprint density at radius 1 is 1.19 bits per heavy atom. The highest BCUT2D eigenvalue weighted by atomic mass is 19.2. The van der Waals surface area contributed by atoms with Gasteiger partial charge >= 0.3 is 0 Å². The number of benzene rings is 1. The summed E-state index contributed by atoms with van der Waals surface area (Å²) in [5, 5.41) is 3.61. The van der Waals surface area contributed by atoms with Crippen LogP contribution in [0.5, 0.6) is 0 Å². The van der Waals surface area contributed by atoms with Crippen LogP contribution in [-0.4, -0.2) is 24.7 Å². The highest BCUT2D eigenvalue weighted by Gasteiger charge is 2.41. The summed E-state index contributed by atoms with van der Waals surface area (Å²) in [6.07, 6.45) is 5.29. The predicted molar refractivity (Wildman–Crippen MR) is 76.9 cm³/mol. The Balaban J connectivity index is 1.95. The SMILES string of the molecule is CCC1CNC2(CCCC2)CN1c1ccc(F)c(F)c1F. The van der Waals surface area contributed by atoms with E-state index in [1.54, 1.807) is 0 Å². The molecule has 1 aliphatic carbocycles. The van der Waals surface area contributed by atoms with Gasteiger partial charge in [-0.05, 0) is 31.4 Å². The van der Waals surface area contributed by atoms with Crippen LogP contribution in [0.15, 0.2) is 12.1 Å². The molecule has 0 bridgehead atoms. The van der Waals surface area contributed by atoms with Gasteiger partial charge in [0.15, 0.2) is 17.5 Å². The second-order valence-electron chi connectivity index (χ2n) is 6.25. The fourth-order valence-corrected chi connectivity index (χ4v) is 3.73. The van der Waals surface area contributed by atoms with Gasteiger partial charge in [0.1, 0.15) is 0 Å². The van der Waals surface area contributed by atoms with Crippen LogP contribution in [0.25, 0.3) is 0 Å². The van der Waals surface area contributed by atoms with E-state index in [1.807, 2.05) is 11.8 Å². The second-order valence-corrected chi connectivity index (χ2v) is 6.25. The zero-order valence-corrected chi connectivity index (χ0v) is 12.3. The zero-order chi connectivity index (χ0) is 15.0. The lowest BCUT2D eigenvalue weighted by molar-refractivity contribution is 0.265. The summed E-state index contributed by atoms with van der Waals surface area (Å²) in [7, 11) is 0. The largest absolute Gasteiger partial charge is 0.363 e. The molecule has 5 heteroatoms. The standard InChI is InChI=1S/C16H21F3N2/c1-2-11-9-20-16(7-3-4-8-16)10-21(11)13-6-5-12(17)14(18)15(13)19/h5-6,11,20H,2-4,7-10H2,1H3. The van der Waals surface area contributed by atoms with Crippen molar-refractivity contribution >= 4 is 5.69 Å². The molecule has 116 valence electrons. The van der Waals surface area contributed by atoms with E-state index in [2.05, 4.69) is 5.32 Å². The maximum Gasteiger partial charge on any atom is 0.196 e. The maximum absolute atomic E-state index is 14.2.